The molecule has 2 N–H and O–H groups in total. The minimum atomic E-state index is -0.734. The summed E-state index contributed by atoms with van der Waals surface area (Å²) in [4.78, 5) is 11.0. The van der Waals surface area contributed by atoms with Crippen LogP contribution < -0.4 is 5.32 Å². The summed E-state index contributed by atoms with van der Waals surface area (Å²) in [6.45, 7) is 6.26. The molecule has 2 unspecified atom stereocenters. The second-order valence-electron chi connectivity index (χ2n) is 6.00. The SMILES string of the molecule is BC(NC(C)(C)C)C(B)(B)C(B)C(=O)O. The van der Waals surface area contributed by atoms with Crippen molar-refractivity contribution in [2.24, 2.45) is 0 Å². The van der Waals surface area contributed by atoms with Crippen LogP contribution in [-0.2, 0) is 4.79 Å². The Kier molecular flexibility index (Phi) is 4.59. The average Bonchev–Trinajstić information content (AvgIpc) is 1.99. The zero-order valence-corrected chi connectivity index (χ0v) is 11.0. The molecule has 7 heteroatoms. The van der Waals surface area contributed by atoms with Crippen LogP contribution in [0.25, 0.3) is 0 Å². The number of aliphatic carboxylic acids is 1. The van der Waals surface area contributed by atoms with Gasteiger partial charge in [0.1, 0.15) is 31.4 Å². The molecule has 0 aliphatic rings. The fourth-order valence-corrected chi connectivity index (χ4v) is 1.53. The van der Waals surface area contributed by atoms with Crippen LogP contribution in [0.1, 0.15) is 20.8 Å². The van der Waals surface area contributed by atoms with E-state index in [1.54, 1.807) is 7.85 Å². The molecule has 3 nitrogen and oxygen atoms in total. The van der Waals surface area contributed by atoms with Crippen LogP contribution in [0.3, 0.4) is 0 Å². The summed E-state index contributed by atoms with van der Waals surface area (Å²) < 4.78 is 0. The fourth-order valence-electron chi connectivity index (χ4n) is 1.53. The summed E-state index contributed by atoms with van der Waals surface area (Å²) in [6, 6.07) is 0. The summed E-state index contributed by atoms with van der Waals surface area (Å²) >= 11 is 0. The summed E-state index contributed by atoms with van der Waals surface area (Å²) in [6.07, 6.45) is 0. The lowest BCUT2D eigenvalue weighted by Crippen LogP contribution is -2.52. The highest BCUT2D eigenvalue weighted by Gasteiger charge is 2.36. The Morgan fingerprint density at radius 1 is 1.27 bits per heavy atom. The fraction of sp³-hybridized carbons (Fsp3) is 0.875. The number of hydrogen-bond donors (Lipinski definition) is 2. The van der Waals surface area contributed by atoms with Crippen molar-refractivity contribution in [2.45, 2.75) is 43.3 Å². The molecular formula is C8H21B4NO2. The van der Waals surface area contributed by atoms with Crippen LogP contribution in [-0.4, -0.2) is 53.9 Å². The van der Waals surface area contributed by atoms with Gasteiger partial charge in [-0.2, -0.15) is 0 Å². The minimum absolute atomic E-state index is 0.00884. The van der Waals surface area contributed by atoms with Crippen molar-refractivity contribution in [2.75, 3.05) is 0 Å². The van der Waals surface area contributed by atoms with Crippen molar-refractivity contribution in [3.8, 4) is 0 Å². The molecule has 0 fully saturated rings. The molecule has 0 aromatic carbocycles. The van der Waals surface area contributed by atoms with Crippen LogP contribution >= 0.6 is 0 Å². The second kappa shape index (κ2) is 4.69. The van der Waals surface area contributed by atoms with Gasteiger partial charge in [0.2, 0.25) is 0 Å². The number of hydrogen-bond acceptors (Lipinski definition) is 2. The normalized spacial score (nSPS) is 17.0. The van der Waals surface area contributed by atoms with E-state index in [2.05, 4.69) is 26.1 Å². The first-order valence-corrected chi connectivity index (χ1v) is 5.49. The molecule has 0 amide bonds. The molecule has 0 bridgehead atoms. The maximum Gasteiger partial charge on any atom is 0.297 e. The van der Waals surface area contributed by atoms with Crippen LogP contribution in [0.5, 0.6) is 0 Å². The van der Waals surface area contributed by atoms with Crippen molar-refractivity contribution >= 4 is 37.4 Å². The second-order valence-corrected chi connectivity index (χ2v) is 6.00. The molecule has 0 saturated heterocycles. The third-order valence-electron chi connectivity index (χ3n) is 3.25. The van der Waals surface area contributed by atoms with Crippen LogP contribution in [0.4, 0.5) is 0 Å². The molecule has 0 aromatic rings. The van der Waals surface area contributed by atoms with Gasteiger partial charge < -0.3 is 10.4 Å². The minimum Gasteiger partial charge on any atom is -0.482 e. The van der Waals surface area contributed by atoms with Crippen molar-refractivity contribution in [1.29, 1.82) is 0 Å². The number of nitrogens with one attached hydrogen (secondary N) is 1. The lowest BCUT2D eigenvalue weighted by molar-refractivity contribution is -0.137. The number of rotatable bonds is 4. The van der Waals surface area contributed by atoms with E-state index in [0.29, 0.717) is 0 Å². The highest BCUT2D eigenvalue weighted by Crippen LogP contribution is 2.34. The third-order valence-corrected chi connectivity index (χ3v) is 3.25. The Balaban J connectivity index is 4.65. The first-order valence-electron chi connectivity index (χ1n) is 5.49. The van der Waals surface area contributed by atoms with Gasteiger partial charge in [-0.05, 0) is 26.7 Å². The molecule has 0 rings (SSSR count). The van der Waals surface area contributed by atoms with E-state index in [4.69, 9.17) is 5.11 Å². The van der Waals surface area contributed by atoms with Crippen molar-refractivity contribution in [3.63, 3.8) is 0 Å². The third kappa shape index (κ3) is 4.37. The van der Waals surface area contributed by atoms with Crippen LogP contribution in [0, 0.1) is 0 Å². The standard InChI is InChI=1S/C8H21B4NO2/c1-7(2,3)13-6(10)8(11,12)4(9)5(14)15/h4,6,13H,9-12H2,1-3H3,(H,14,15). The molecule has 0 radical (unpaired) electrons. The van der Waals surface area contributed by atoms with Gasteiger partial charge in [0, 0.05) is 11.4 Å². The summed E-state index contributed by atoms with van der Waals surface area (Å²) in [5.74, 6) is -0.937. The number of carbonyl (C=O) groups is 1. The van der Waals surface area contributed by atoms with Gasteiger partial charge in [-0.1, -0.05) is 5.21 Å². The van der Waals surface area contributed by atoms with Crippen LogP contribution in [0.15, 0.2) is 0 Å². The van der Waals surface area contributed by atoms with E-state index < -0.39 is 5.97 Å². The van der Waals surface area contributed by atoms with Gasteiger partial charge in [0.25, 0.3) is 5.97 Å². The van der Waals surface area contributed by atoms with E-state index in [1.807, 2.05) is 23.5 Å². The van der Waals surface area contributed by atoms with Gasteiger partial charge in [-0.15, -0.1) is 0 Å². The highest BCUT2D eigenvalue weighted by molar-refractivity contribution is 6.50. The van der Waals surface area contributed by atoms with Gasteiger partial charge in [0.15, 0.2) is 0 Å². The molecule has 82 valence electrons. The van der Waals surface area contributed by atoms with Crippen molar-refractivity contribution in [1.82, 2.24) is 5.32 Å². The predicted molar refractivity (Wildman–Crippen MR) is 74.9 cm³/mol. The Labute approximate surface area is 96.4 Å². The lowest BCUT2D eigenvalue weighted by atomic mass is 9.37. The molecule has 0 saturated carbocycles. The Hall–Kier alpha value is -0.310. The van der Waals surface area contributed by atoms with Gasteiger partial charge in [0.05, 0.1) is 0 Å². The topological polar surface area (TPSA) is 49.3 Å². The predicted octanol–water partition coefficient (Wildman–Crippen LogP) is -2.78. The Morgan fingerprint density at radius 2 is 1.67 bits per heavy atom. The Morgan fingerprint density at radius 3 is 1.93 bits per heavy atom. The van der Waals surface area contributed by atoms with E-state index in [0.717, 1.165) is 0 Å². The number of carboxylic acids is 1. The van der Waals surface area contributed by atoms with Crippen LogP contribution in [0.2, 0.25) is 11.0 Å². The molecule has 15 heavy (non-hydrogen) atoms. The first-order chi connectivity index (χ1) is 6.48. The van der Waals surface area contributed by atoms with Gasteiger partial charge >= 0.3 is 0 Å². The Bertz CT molecular complexity index is 239. The average molecular weight is 207 g/mol. The molecular weight excluding hydrogens is 185 g/mol. The van der Waals surface area contributed by atoms with E-state index in [9.17, 15) is 4.79 Å². The smallest absolute Gasteiger partial charge is 0.297 e. The highest BCUT2D eigenvalue weighted by atomic mass is 16.4. The zero-order valence-electron chi connectivity index (χ0n) is 11.0. The molecule has 0 aromatic heterocycles. The maximum atomic E-state index is 11.0. The van der Waals surface area contributed by atoms with Crippen molar-refractivity contribution in [3.05, 3.63) is 0 Å². The maximum absolute atomic E-state index is 11.0. The van der Waals surface area contributed by atoms with E-state index >= 15 is 0 Å². The number of carboxylic acid groups (broad SMARTS) is 1. The summed E-state index contributed by atoms with van der Waals surface area (Å²) in [5.41, 5.74) is 0.00884. The van der Waals surface area contributed by atoms with E-state index in [1.165, 1.54) is 0 Å². The van der Waals surface area contributed by atoms with E-state index in [-0.39, 0.29) is 22.5 Å². The summed E-state index contributed by atoms with van der Waals surface area (Å²) in [7, 11) is 7.80. The lowest BCUT2D eigenvalue weighted by Gasteiger charge is -2.40. The molecule has 0 aliphatic heterocycles. The molecule has 0 aliphatic carbocycles. The zero-order chi connectivity index (χ0) is 12.4. The van der Waals surface area contributed by atoms with Gasteiger partial charge in [-0.25, -0.2) is 0 Å². The van der Waals surface area contributed by atoms with Crippen molar-refractivity contribution < 1.29 is 9.90 Å². The van der Waals surface area contributed by atoms with Gasteiger partial charge in [-0.3, -0.25) is 4.79 Å². The molecule has 2 atom stereocenters. The monoisotopic (exact) mass is 207 g/mol. The molecule has 0 heterocycles. The largest absolute Gasteiger partial charge is 0.482 e. The molecule has 0 spiro atoms. The quantitative estimate of drug-likeness (QED) is 0.490. The summed E-state index contributed by atoms with van der Waals surface area (Å²) in [5, 5.41) is 12.2. The first kappa shape index (κ1) is 14.7.